The van der Waals surface area contributed by atoms with Crippen LogP contribution in [0.5, 0.6) is 5.75 Å². The molecule has 132 valence electrons. The molecule has 0 radical (unpaired) electrons. The van der Waals surface area contributed by atoms with Crippen LogP contribution in [0, 0.1) is 0 Å². The van der Waals surface area contributed by atoms with Crippen molar-refractivity contribution in [1.82, 2.24) is 15.1 Å². The highest BCUT2D eigenvalue weighted by Crippen LogP contribution is 2.15. The van der Waals surface area contributed by atoms with Crippen molar-refractivity contribution in [2.24, 2.45) is 0 Å². The number of nitrogens with one attached hydrogen (secondary N) is 1. The van der Waals surface area contributed by atoms with Crippen LogP contribution >= 0.6 is 0 Å². The maximum atomic E-state index is 12.3. The summed E-state index contributed by atoms with van der Waals surface area (Å²) in [4.78, 5) is 16.6. The Balaban J connectivity index is 1.44. The fourth-order valence-corrected chi connectivity index (χ4v) is 3.02. The standard InChI is InChI=1S/C20H25N3O2/c1-25-19-9-5-8-18(14-19)16-22-10-12-23(13-11-22)20(24)21-15-17-6-3-2-4-7-17/h2-9,14H,10-13,15-16H2,1H3,(H,21,24). The lowest BCUT2D eigenvalue weighted by Gasteiger charge is -2.34. The molecule has 0 aromatic heterocycles. The molecule has 0 bridgehead atoms. The van der Waals surface area contributed by atoms with E-state index in [0.29, 0.717) is 6.54 Å². The molecule has 2 aromatic rings. The Morgan fingerprint density at radius 1 is 1.00 bits per heavy atom. The maximum Gasteiger partial charge on any atom is 0.317 e. The molecular formula is C20H25N3O2. The van der Waals surface area contributed by atoms with E-state index in [4.69, 9.17) is 4.74 Å². The molecule has 0 saturated carbocycles. The molecule has 0 unspecified atom stereocenters. The van der Waals surface area contributed by atoms with E-state index in [0.717, 1.165) is 44.0 Å². The zero-order valence-corrected chi connectivity index (χ0v) is 14.6. The highest BCUT2D eigenvalue weighted by atomic mass is 16.5. The fourth-order valence-electron chi connectivity index (χ4n) is 3.02. The monoisotopic (exact) mass is 339 g/mol. The van der Waals surface area contributed by atoms with E-state index in [2.05, 4.69) is 22.3 Å². The number of methoxy groups -OCH3 is 1. The molecule has 0 spiro atoms. The van der Waals surface area contributed by atoms with Gasteiger partial charge in [0.1, 0.15) is 5.75 Å². The molecular weight excluding hydrogens is 314 g/mol. The number of carbonyl (C=O) groups excluding carboxylic acids is 1. The second-order valence-electron chi connectivity index (χ2n) is 6.26. The van der Waals surface area contributed by atoms with Crippen LogP contribution in [0.3, 0.4) is 0 Å². The summed E-state index contributed by atoms with van der Waals surface area (Å²) in [6.45, 7) is 4.74. The first kappa shape index (κ1) is 17.3. The molecule has 1 aliphatic heterocycles. The van der Waals surface area contributed by atoms with Gasteiger partial charge in [0, 0.05) is 39.3 Å². The molecule has 1 aliphatic rings. The Morgan fingerprint density at radius 3 is 2.44 bits per heavy atom. The van der Waals surface area contributed by atoms with Crippen LogP contribution in [-0.2, 0) is 13.1 Å². The van der Waals surface area contributed by atoms with Crippen molar-refractivity contribution in [3.8, 4) is 5.75 Å². The number of amides is 2. The predicted octanol–water partition coefficient (Wildman–Crippen LogP) is 2.72. The first-order chi connectivity index (χ1) is 12.2. The Bertz CT molecular complexity index is 682. The molecule has 1 saturated heterocycles. The first-order valence-corrected chi connectivity index (χ1v) is 8.66. The SMILES string of the molecule is COc1cccc(CN2CCN(C(=O)NCc3ccccc3)CC2)c1. The largest absolute Gasteiger partial charge is 0.497 e. The van der Waals surface area contributed by atoms with Gasteiger partial charge in [0.2, 0.25) is 0 Å². The van der Waals surface area contributed by atoms with Crippen molar-refractivity contribution in [3.63, 3.8) is 0 Å². The molecule has 3 rings (SSSR count). The van der Waals surface area contributed by atoms with Gasteiger partial charge in [-0.05, 0) is 23.3 Å². The summed E-state index contributed by atoms with van der Waals surface area (Å²) < 4.78 is 5.28. The minimum Gasteiger partial charge on any atom is -0.497 e. The summed E-state index contributed by atoms with van der Waals surface area (Å²) in [5, 5.41) is 3.00. The van der Waals surface area contributed by atoms with Crippen molar-refractivity contribution in [1.29, 1.82) is 0 Å². The summed E-state index contributed by atoms with van der Waals surface area (Å²) in [6, 6.07) is 18.2. The number of benzene rings is 2. The van der Waals surface area contributed by atoms with Crippen LogP contribution in [0.2, 0.25) is 0 Å². The molecule has 2 aromatic carbocycles. The number of ether oxygens (including phenoxy) is 1. The van der Waals surface area contributed by atoms with E-state index in [9.17, 15) is 4.79 Å². The third kappa shape index (κ3) is 4.97. The molecule has 5 heteroatoms. The van der Waals surface area contributed by atoms with Crippen LogP contribution in [-0.4, -0.2) is 49.1 Å². The molecule has 1 heterocycles. The summed E-state index contributed by atoms with van der Waals surface area (Å²) >= 11 is 0. The molecule has 2 amide bonds. The van der Waals surface area contributed by atoms with Gasteiger partial charge in [0.05, 0.1) is 7.11 Å². The number of rotatable bonds is 5. The minimum atomic E-state index is 0.0184. The first-order valence-electron chi connectivity index (χ1n) is 8.66. The van der Waals surface area contributed by atoms with Gasteiger partial charge in [0.15, 0.2) is 0 Å². The van der Waals surface area contributed by atoms with Crippen LogP contribution in [0.25, 0.3) is 0 Å². The Labute approximate surface area is 149 Å². The van der Waals surface area contributed by atoms with Crippen molar-refractivity contribution >= 4 is 6.03 Å². The van der Waals surface area contributed by atoms with Gasteiger partial charge >= 0.3 is 6.03 Å². The van der Waals surface area contributed by atoms with Crippen LogP contribution < -0.4 is 10.1 Å². The van der Waals surface area contributed by atoms with Crippen LogP contribution in [0.4, 0.5) is 4.79 Å². The van der Waals surface area contributed by atoms with Gasteiger partial charge in [-0.15, -0.1) is 0 Å². The number of hydrogen-bond acceptors (Lipinski definition) is 3. The predicted molar refractivity (Wildman–Crippen MR) is 98.5 cm³/mol. The van der Waals surface area contributed by atoms with E-state index in [-0.39, 0.29) is 6.03 Å². The minimum absolute atomic E-state index is 0.0184. The second-order valence-corrected chi connectivity index (χ2v) is 6.26. The highest BCUT2D eigenvalue weighted by molar-refractivity contribution is 5.74. The van der Waals surface area contributed by atoms with Gasteiger partial charge in [-0.3, -0.25) is 4.90 Å². The van der Waals surface area contributed by atoms with Crippen molar-refractivity contribution in [2.75, 3.05) is 33.3 Å². The van der Waals surface area contributed by atoms with Crippen molar-refractivity contribution < 1.29 is 9.53 Å². The van der Waals surface area contributed by atoms with Gasteiger partial charge in [-0.1, -0.05) is 42.5 Å². The summed E-state index contributed by atoms with van der Waals surface area (Å²) in [5.41, 5.74) is 2.36. The molecule has 0 atom stereocenters. The third-order valence-corrected chi connectivity index (χ3v) is 4.49. The van der Waals surface area contributed by atoms with E-state index in [1.54, 1.807) is 7.11 Å². The number of nitrogens with zero attached hydrogens (tertiary/aromatic N) is 2. The average Bonchev–Trinajstić information content (AvgIpc) is 2.67. The zero-order valence-electron chi connectivity index (χ0n) is 14.6. The van der Waals surface area contributed by atoms with Crippen molar-refractivity contribution in [3.05, 3.63) is 65.7 Å². The van der Waals surface area contributed by atoms with E-state index < -0.39 is 0 Å². The number of carbonyl (C=O) groups is 1. The maximum absolute atomic E-state index is 12.3. The fraction of sp³-hybridized carbons (Fsp3) is 0.350. The second kappa shape index (κ2) is 8.53. The topological polar surface area (TPSA) is 44.8 Å². The molecule has 1 N–H and O–H groups in total. The number of urea groups is 1. The summed E-state index contributed by atoms with van der Waals surface area (Å²) in [7, 11) is 1.69. The quantitative estimate of drug-likeness (QED) is 0.911. The lowest BCUT2D eigenvalue weighted by molar-refractivity contribution is 0.135. The smallest absolute Gasteiger partial charge is 0.317 e. The molecule has 1 fully saturated rings. The lowest BCUT2D eigenvalue weighted by Crippen LogP contribution is -2.51. The summed E-state index contributed by atoms with van der Waals surface area (Å²) in [5.74, 6) is 0.886. The number of hydrogen-bond donors (Lipinski definition) is 1. The highest BCUT2D eigenvalue weighted by Gasteiger charge is 2.20. The van der Waals surface area contributed by atoms with E-state index in [1.165, 1.54) is 5.56 Å². The molecule has 25 heavy (non-hydrogen) atoms. The van der Waals surface area contributed by atoms with E-state index in [1.807, 2.05) is 47.4 Å². The van der Waals surface area contributed by atoms with Crippen molar-refractivity contribution in [2.45, 2.75) is 13.1 Å². The summed E-state index contributed by atoms with van der Waals surface area (Å²) in [6.07, 6.45) is 0. The van der Waals surface area contributed by atoms with Crippen LogP contribution in [0.1, 0.15) is 11.1 Å². The average molecular weight is 339 g/mol. The Morgan fingerprint density at radius 2 is 1.72 bits per heavy atom. The van der Waals surface area contributed by atoms with Crippen LogP contribution in [0.15, 0.2) is 54.6 Å². The Kier molecular flexibility index (Phi) is 5.90. The molecule has 0 aliphatic carbocycles. The van der Waals surface area contributed by atoms with Gasteiger partial charge in [0.25, 0.3) is 0 Å². The number of piperazine rings is 1. The normalized spacial score (nSPS) is 15.0. The third-order valence-electron chi connectivity index (χ3n) is 4.49. The lowest BCUT2D eigenvalue weighted by atomic mass is 10.2. The van der Waals surface area contributed by atoms with Gasteiger partial charge < -0.3 is 15.0 Å². The van der Waals surface area contributed by atoms with Gasteiger partial charge in [-0.25, -0.2) is 4.79 Å². The zero-order chi connectivity index (χ0) is 17.5. The van der Waals surface area contributed by atoms with E-state index >= 15 is 0 Å². The molecule has 5 nitrogen and oxygen atoms in total. The Hall–Kier alpha value is -2.53. The van der Waals surface area contributed by atoms with Gasteiger partial charge in [-0.2, -0.15) is 0 Å².